The summed E-state index contributed by atoms with van der Waals surface area (Å²) in [7, 11) is 0. The van der Waals surface area contributed by atoms with Gasteiger partial charge in [0.1, 0.15) is 0 Å². The SMILES string of the molecule is c1ccc(-c2nc(-c3cccc4c(-c5cccc6ccccc56)cccc34)nc(-c3cccc4c3cc(-c3ccccc3)c3ccccc34)n2)cc1. The highest BCUT2D eigenvalue weighted by Gasteiger charge is 2.19. The molecule has 0 aliphatic carbocycles. The number of hydrogen-bond donors (Lipinski definition) is 0. The normalized spacial score (nSPS) is 11.5. The predicted octanol–water partition coefficient (Wildman–Crippen LogP) is 12.8. The number of fused-ring (bicyclic) bond motifs is 5. The van der Waals surface area contributed by atoms with Gasteiger partial charge in [-0.05, 0) is 71.4 Å². The maximum atomic E-state index is 5.31. The molecule has 0 saturated heterocycles. The van der Waals surface area contributed by atoms with Gasteiger partial charge in [0.2, 0.25) is 0 Å². The third-order valence-corrected chi connectivity index (χ3v) is 10.1. The van der Waals surface area contributed by atoms with Crippen molar-refractivity contribution in [2.24, 2.45) is 0 Å². The van der Waals surface area contributed by atoms with E-state index in [1.54, 1.807) is 0 Å². The van der Waals surface area contributed by atoms with Crippen LogP contribution in [0.4, 0.5) is 0 Å². The number of benzene rings is 9. The first kappa shape index (κ1) is 29.9. The van der Waals surface area contributed by atoms with Crippen LogP contribution in [-0.4, -0.2) is 15.0 Å². The van der Waals surface area contributed by atoms with Crippen molar-refractivity contribution in [1.29, 1.82) is 0 Å². The van der Waals surface area contributed by atoms with E-state index in [1.165, 1.54) is 49.2 Å². The van der Waals surface area contributed by atoms with Gasteiger partial charge in [0, 0.05) is 16.7 Å². The predicted molar refractivity (Wildman–Crippen MR) is 217 cm³/mol. The van der Waals surface area contributed by atoms with Crippen LogP contribution in [0.15, 0.2) is 188 Å². The Balaban J connectivity index is 1.23. The largest absolute Gasteiger partial charge is 0.208 e. The van der Waals surface area contributed by atoms with Gasteiger partial charge in [-0.15, -0.1) is 0 Å². The molecule has 0 spiro atoms. The second-order valence-corrected chi connectivity index (χ2v) is 13.1. The summed E-state index contributed by atoms with van der Waals surface area (Å²) in [5.41, 5.74) is 7.63. The third kappa shape index (κ3) is 5.02. The van der Waals surface area contributed by atoms with Crippen LogP contribution in [0.1, 0.15) is 0 Å². The Morgan fingerprint density at radius 2 is 0.635 bits per heavy atom. The van der Waals surface area contributed by atoms with Crippen LogP contribution >= 0.6 is 0 Å². The molecular formula is C49H31N3. The Morgan fingerprint density at radius 3 is 1.35 bits per heavy atom. The first-order chi connectivity index (χ1) is 25.8. The molecule has 0 N–H and O–H groups in total. The minimum absolute atomic E-state index is 0.642. The van der Waals surface area contributed by atoms with Crippen LogP contribution < -0.4 is 0 Å². The second-order valence-electron chi connectivity index (χ2n) is 13.1. The molecule has 9 aromatic carbocycles. The van der Waals surface area contributed by atoms with Crippen LogP contribution in [0.25, 0.3) is 99.5 Å². The average Bonchev–Trinajstić information content (AvgIpc) is 3.23. The molecule has 0 fully saturated rings. The van der Waals surface area contributed by atoms with Gasteiger partial charge in [-0.2, -0.15) is 0 Å². The lowest BCUT2D eigenvalue weighted by molar-refractivity contribution is 1.08. The molecular weight excluding hydrogens is 631 g/mol. The zero-order valence-corrected chi connectivity index (χ0v) is 28.2. The highest BCUT2D eigenvalue weighted by atomic mass is 15.0. The van der Waals surface area contributed by atoms with Crippen LogP contribution in [0.3, 0.4) is 0 Å². The fourth-order valence-corrected chi connectivity index (χ4v) is 7.72. The van der Waals surface area contributed by atoms with E-state index in [9.17, 15) is 0 Å². The van der Waals surface area contributed by atoms with Gasteiger partial charge in [0.15, 0.2) is 17.5 Å². The molecule has 3 heteroatoms. The third-order valence-electron chi connectivity index (χ3n) is 10.1. The van der Waals surface area contributed by atoms with Gasteiger partial charge in [-0.3, -0.25) is 0 Å². The Morgan fingerprint density at radius 1 is 0.231 bits per heavy atom. The van der Waals surface area contributed by atoms with Gasteiger partial charge in [-0.25, -0.2) is 15.0 Å². The Kier molecular flexibility index (Phi) is 7.14. The molecule has 0 amide bonds. The summed E-state index contributed by atoms with van der Waals surface area (Å²) >= 11 is 0. The first-order valence-corrected chi connectivity index (χ1v) is 17.6. The van der Waals surface area contributed by atoms with E-state index in [-0.39, 0.29) is 0 Å². The quantitative estimate of drug-likeness (QED) is 0.172. The van der Waals surface area contributed by atoms with E-state index in [2.05, 4.69) is 170 Å². The molecule has 0 unspecified atom stereocenters. The number of rotatable bonds is 5. The van der Waals surface area contributed by atoms with Crippen molar-refractivity contribution in [2.75, 3.05) is 0 Å². The summed E-state index contributed by atoms with van der Waals surface area (Å²) in [6.07, 6.45) is 0. The molecule has 0 saturated carbocycles. The van der Waals surface area contributed by atoms with E-state index < -0.39 is 0 Å². The topological polar surface area (TPSA) is 38.7 Å². The lowest BCUT2D eigenvalue weighted by Gasteiger charge is -2.15. The van der Waals surface area contributed by atoms with E-state index >= 15 is 0 Å². The van der Waals surface area contributed by atoms with Crippen molar-refractivity contribution in [2.45, 2.75) is 0 Å². The molecule has 0 bridgehead atoms. The van der Waals surface area contributed by atoms with Crippen LogP contribution in [-0.2, 0) is 0 Å². The number of nitrogens with zero attached hydrogens (tertiary/aromatic N) is 3. The zero-order valence-electron chi connectivity index (χ0n) is 28.2. The summed E-state index contributed by atoms with van der Waals surface area (Å²) in [5, 5.41) is 9.40. The molecule has 0 aliphatic rings. The van der Waals surface area contributed by atoms with Gasteiger partial charge in [0.05, 0.1) is 0 Å². The van der Waals surface area contributed by atoms with Crippen molar-refractivity contribution in [1.82, 2.24) is 15.0 Å². The van der Waals surface area contributed by atoms with Gasteiger partial charge < -0.3 is 0 Å². The number of aromatic nitrogens is 3. The summed E-state index contributed by atoms with van der Waals surface area (Å²) in [6.45, 7) is 0. The molecule has 1 aromatic heterocycles. The van der Waals surface area contributed by atoms with Crippen molar-refractivity contribution in [3.63, 3.8) is 0 Å². The van der Waals surface area contributed by atoms with E-state index in [0.29, 0.717) is 17.5 Å². The van der Waals surface area contributed by atoms with Crippen LogP contribution in [0.2, 0.25) is 0 Å². The lowest BCUT2D eigenvalue weighted by Crippen LogP contribution is -2.01. The minimum atomic E-state index is 0.642. The maximum absolute atomic E-state index is 5.31. The van der Waals surface area contributed by atoms with E-state index in [1.807, 2.05) is 18.2 Å². The van der Waals surface area contributed by atoms with Crippen molar-refractivity contribution >= 4 is 43.1 Å². The fourth-order valence-electron chi connectivity index (χ4n) is 7.72. The summed E-state index contributed by atoms with van der Waals surface area (Å²) in [5.74, 6) is 1.93. The smallest absolute Gasteiger partial charge is 0.164 e. The number of hydrogen-bond acceptors (Lipinski definition) is 3. The average molecular weight is 662 g/mol. The molecule has 3 nitrogen and oxygen atoms in total. The summed E-state index contributed by atoms with van der Waals surface area (Å²) in [4.78, 5) is 15.7. The van der Waals surface area contributed by atoms with E-state index in [0.717, 1.165) is 32.8 Å². The molecule has 0 aliphatic heterocycles. The molecule has 0 radical (unpaired) electrons. The highest BCUT2D eigenvalue weighted by molar-refractivity contribution is 6.17. The lowest BCUT2D eigenvalue weighted by atomic mass is 9.91. The molecule has 242 valence electrons. The highest BCUT2D eigenvalue weighted by Crippen LogP contribution is 2.40. The fraction of sp³-hybridized carbons (Fsp3) is 0. The van der Waals surface area contributed by atoms with Crippen LogP contribution in [0.5, 0.6) is 0 Å². The van der Waals surface area contributed by atoms with Gasteiger partial charge in [-0.1, -0.05) is 182 Å². The van der Waals surface area contributed by atoms with Crippen molar-refractivity contribution in [3.8, 4) is 56.4 Å². The molecule has 52 heavy (non-hydrogen) atoms. The Labute approximate surface area is 301 Å². The summed E-state index contributed by atoms with van der Waals surface area (Å²) in [6, 6.07) is 66.4. The summed E-state index contributed by atoms with van der Waals surface area (Å²) < 4.78 is 0. The molecule has 10 rings (SSSR count). The van der Waals surface area contributed by atoms with Crippen molar-refractivity contribution in [3.05, 3.63) is 188 Å². The zero-order chi connectivity index (χ0) is 34.4. The molecule has 10 aromatic rings. The molecule has 0 atom stereocenters. The maximum Gasteiger partial charge on any atom is 0.164 e. The minimum Gasteiger partial charge on any atom is -0.208 e. The van der Waals surface area contributed by atoms with Crippen molar-refractivity contribution < 1.29 is 0 Å². The Hall–Kier alpha value is -6.97. The standard InChI is InChI=1S/C49H31N3/c1-3-15-33(16-4-1)45-31-46-42(37-22-9-10-23-41(37)45)28-14-30-44(46)49-51-47(34-18-5-2-6-19-34)50-48(52-49)43-29-13-26-39-38(25-12-27-40(39)43)36-24-11-20-32-17-7-8-21-35(32)36/h1-31H. The first-order valence-electron chi connectivity index (χ1n) is 17.6. The second kappa shape index (κ2) is 12.4. The van der Waals surface area contributed by atoms with Gasteiger partial charge in [0.25, 0.3) is 0 Å². The molecule has 1 heterocycles. The van der Waals surface area contributed by atoms with Crippen LogP contribution in [0, 0.1) is 0 Å². The Bertz CT molecular complexity index is 2950. The van der Waals surface area contributed by atoms with Gasteiger partial charge >= 0.3 is 0 Å². The van der Waals surface area contributed by atoms with E-state index in [4.69, 9.17) is 15.0 Å². The monoisotopic (exact) mass is 661 g/mol.